The average molecular weight is 1600 g/mol. The van der Waals surface area contributed by atoms with E-state index in [4.69, 9.17) is 42.1 Å². The predicted molar refractivity (Wildman–Crippen MR) is 423 cm³/mol. The minimum absolute atomic E-state index is 0.00425. The molecule has 12 atom stereocenters. The van der Waals surface area contributed by atoms with Gasteiger partial charge in [0.15, 0.2) is 17.3 Å². The molecule has 8 bridgehead atoms. The summed E-state index contributed by atoms with van der Waals surface area (Å²) >= 11 is 11.7. The van der Waals surface area contributed by atoms with Crippen molar-refractivity contribution in [2.75, 3.05) is 26.2 Å². The van der Waals surface area contributed by atoms with E-state index < -0.39 is 0 Å². The van der Waals surface area contributed by atoms with Crippen LogP contribution in [-0.4, -0.2) is 208 Å². The summed E-state index contributed by atoms with van der Waals surface area (Å²) in [6.07, 6.45) is 31.5. The van der Waals surface area contributed by atoms with Crippen molar-refractivity contribution in [1.29, 1.82) is 0 Å². The number of para-hydroxylation sites is 1. The second-order valence-electron chi connectivity index (χ2n) is 30.4. The number of hydrogen-bond donors (Lipinski definition) is 0. The van der Waals surface area contributed by atoms with E-state index in [0.29, 0.717) is 103 Å². The number of carbonyl (C=O) groups is 4. The minimum atomic E-state index is -0.157. The molecule has 4 aliphatic carbocycles. The summed E-state index contributed by atoms with van der Waals surface area (Å²) in [4.78, 5) is 116. The lowest BCUT2D eigenvalue weighted by molar-refractivity contribution is 0.0446. The van der Waals surface area contributed by atoms with Crippen LogP contribution in [0.3, 0.4) is 0 Å². The second-order valence-corrected chi connectivity index (χ2v) is 31.2. The topological polar surface area (TPSA) is 334 Å². The Morgan fingerprint density at radius 3 is 1.22 bits per heavy atom. The van der Waals surface area contributed by atoms with Gasteiger partial charge in [-0.25, -0.2) is 54.8 Å². The second kappa shape index (κ2) is 33.4. The largest absolute Gasteiger partial charge is 0.472 e. The maximum absolute atomic E-state index is 13.5. The molecule has 12 unspecified atom stereocenters. The first kappa shape index (κ1) is 76.0. The normalized spacial score (nSPS) is 22.7. The van der Waals surface area contributed by atoms with Gasteiger partial charge in [-0.05, 0) is 168 Å². The van der Waals surface area contributed by atoms with Gasteiger partial charge < -0.3 is 38.5 Å². The zero-order chi connectivity index (χ0) is 79.5. The van der Waals surface area contributed by atoms with E-state index in [1.54, 1.807) is 74.1 Å². The lowest BCUT2D eigenvalue weighted by Crippen LogP contribution is -2.47. The van der Waals surface area contributed by atoms with Crippen molar-refractivity contribution < 1.29 is 38.1 Å². The number of hydrogen-bond acceptors (Lipinski definition) is 24. The summed E-state index contributed by atoms with van der Waals surface area (Å²) in [5, 5.41) is 17.5. The van der Waals surface area contributed by atoms with Crippen molar-refractivity contribution in [3.05, 3.63) is 251 Å². The van der Waals surface area contributed by atoms with Gasteiger partial charge in [-0.1, -0.05) is 65.7 Å². The van der Waals surface area contributed by atoms with Crippen LogP contribution >= 0.6 is 23.2 Å². The van der Waals surface area contributed by atoms with Gasteiger partial charge in [0.2, 0.25) is 11.8 Å². The number of aromatic nitrogens is 18. The van der Waals surface area contributed by atoms with E-state index in [1.807, 2.05) is 144 Å². The summed E-state index contributed by atoms with van der Waals surface area (Å²) in [5.74, 6) is 3.78. The Balaban J connectivity index is 0.000000111. The van der Waals surface area contributed by atoms with Gasteiger partial charge in [0.1, 0.15) is 35.8 Å². The van der Waals surface area contributed by atoms with Crippen molar-refractivity contribution in [1.82, 2.24) is 109 Å². The van der Waals surface area contributed by atoms with Crippen LogP contribution in [0.1, 0.15) is 115 Å². The first-order valence-electron chi connectivity index (χ1n) is 38.7. The Bertz CT molecular complexity index is 5480. The quantitative estimate of drug-likeness (QED) is 0.0867. The van der Waals surface area contributed by atoms with Crippen LogP contribution in [-0.2, 0) is 0 Å². The molecule has 32 heteroatoms. The number of benzene rings is 2. The van der Waals surface area contributed by atoms with E-state index in [-0.39, 0.29) is 84.2 Å². The van der Waals surface area contributed by atoms with E-state index in [0.717, 1.165) is 98.9 Å². The number of fused-ring (bicyclic) bond motifs is 8. The van der Waals surface area contributed by atoms with Gasteiger partial charge in [0.05, 0.1) is 106 Å². The van der Waals surface area contributed by atoms with E-state index in [2.05, 4.69) is 80.2 Å². The van der Waals surface area contributed by atoms with E-state index >= 15 is 0 Å². The van der Waals surface area contributed by atoms with Crippen molar-refractivity contribution in [3.63, 3.8) is 0 Å². The molecular formula is C84H80Cl2N22O8. The smallest absolute Gasteiger partial charge is 0.316 e. The highest BCUT2D eigenvalue weighted by molar-refractivity contribution is 6.30. The number of nitrogens with zero attached hydrogens (tertiary/aromatic N) is 22. The number of piperidine rings is 4. The number of likely N-dealkylation sites (tertiary alicyclic amines) is 4. The number of aryl methyl sites for hydroxylation is 4. The van der Waals surface area contributed by atoms with Crippen LogP contribution in [0.4, 0.5) is 0 Å². The molecule has 4 amide bonds. The number of pyridine rings is 4. The standard InChI is InChI=1S/C23H23N5O2.C23H22N4O2.C19H18ClN7O2.C19H17ClN6O2/c1-14-4-5-20(26-11-14)30-19-10-16-9-18(19)28(13-16)23(29)21-17(8-15(2)12-27-21)22-24-6-3-7-25-22;1-15-7-8-21(26-13-15)29-20-12-16-11-19(20)27(14-16)23(28)18-6-3-2-5-17(18)22-24-9-4-10-25-22;1-11-2-3-14(27-23-4-5-24-27)17(25-11)18(28)26-10-12-6-15(26)16(7-12)29-19-21-8-13(20)9-22-19;20-13-9-21-19(22-10-13)28-17-8-12-7-16(17)25(11-12)18(27)14-3-1-2-4-15(14)26-23-5-6-24-26/h3-8,11-12,16,18-19H,9-10,13H2,1-2H3;2-10,13,16,19-20H,11-12,14H2,1H3;2-5,8-9,12,15-16H,6-7,10H2,1H3;1-6,9-10,12,16-17H,7-8,11H2. The third-order valence-electron chi connectivity index (χ3n) is 22.4. The Morgan fingerprint density at radius 2 is 0.759 bits per heavy atom. The summed E-state index contributed by atoms with van der Waals surface area (Å²) in [5.41, 5.74) is 8.52. The average Bonchev–Trinajstić information content (AvgIpc) is 1.63. The van der Waals surface area contributed by atoms with Crippen molar-refractivity contribution >= 4 is 46.8 Å². The van der Waals surface area contributed by atoms with Crippen molar-refractivity contribution in [2.24, 2.45) is 23.7 Å². The molecule has 0 N–H and O–H groups in total. The van der Waals surface area contributed by atoms with Crippen LogP contribution in [0.25, 0.3) is 34.2 Å². The van der Waals surface area contributed by atoms with Crippen molar-refractivity contribution in [3.8, 4) is 57.9 Å². The number of halogens is 2. The SMILES string of the molecule is Cc1ccc(-n2nccn2)c(C(=O)N2CC3CC(Oc4ncc(Cl)cn4)C2C3)n1.Cc1ccc(OC2CC3CC2N(C(=O)c2ccccc2-c2ncccn2)C3)nc1.Cc1ccc(OC2CC3CC2N(C(=O)c2ncc(C)cc2-c2ncccn2)C3)nc1.O=C(c1ccccc1-n1nccn1)N1CC2CC(Oc3ncc(Cl)cn3)C1C2. The molecular weight excluding hydrogens is 1520 g/mol. The van der Waals surface area contributed by atoms with Gasteiger partial charge in [-0.3, -0.25) is 24.2 Å². The van der Waals surface area contributed by atoms with Gasteiger partial charge >= 0.3 is 12.0 Å². The third kappa shape index (κ3) is 16.4. The Hall–Kier alpha value is -12.7. The lowest BCUT2D eigenvalue weighted by Gasteiger charge is -2.33. The number of amides is 4. The lowest BCUT2D eigenvalue weighted by atomic mass is 10.0. The highest BCUT2D eigenvalue weighted by atomic mass is 35.5. The fourth-order valence-corrected chi connectivity index (χ4v) is 17.5. The van der Waals surface area contributed by atoms with E-state index in [1.165, 1.54) is 34.4 Å². The molecule has 0 radical (unpaired) electrons. The van der Waals surface area contributed by atoms with Crippen LogP contribution in [0, 0.1) is 51.4 Å². The highest BCUT2D eigenvalue weighted by Crippen LogP contribution is 2.45. The number of carbonyl (C=O) groups excluding carboxylic acids is 4. The highest BCUT2D eigenvalue weighted by Gasteiger charge is 2.53. The molecule has 4 saturated carbocycles. The predicted octanol–water partition coefficient (Wildman–Crippen LogP) is 11.3. The summed E-state index contributed by atoms with van der Waals surface area (Å²) < 4.78 is 24.3. The molecule has 20 rings (SSSR count). The zero-order valence-corrected chi connectivity index (χ0v) is 65.3. The Kier molecular flexibility index (Phi) is 21.9. The molecule has 8 aliphatic rings. The zero-order valence-electron chi connectivity index (χ0n) is 63.7. The van der Waals surface area contributed by atoms with Crippen LogP contribution < -0.4 is 18.9 Å². The molecule has 30 nitrogen and oxygen atoms in total. The summed E-state index contributed by atoms with van der Waals surface area (Å²) in [6, 6.07) is 32.4. The van der Waals surface area contributed by atoms with Gasteiger partial charge in [0, 0.05) is 92.9 Å². The van der Waals surface area contributed by atoms with Crippen LogP contribution in [0.2, 0.25) is 10.0 Å². The summed E-state index contributed by atoms with van der Waals surface area (Å²) in [6.45, 7) is 10.7. The van der Waals surface area contributed by atoms with E-state index in [9.17, 15) is 19.2 Å². The van der Waals surface area contributed by atoms with Crippen molar-refractivity contribution in [2.45, 2.75) is 128 Å². The minimum Gasteiger partial charge on any atom is -0.472 e. The van der Waals surface area contributed by atoms with Gasteiger partial charge in [-0.15, -0.1) is 4.80 Å². The number of rotatable bonds is 16. The molecule has 4 aliphatic heterocycles. The van der Waals surface area contributed by atoms with Gasteiger partial charge in [0.25, 0.3) is 23.6 Å². The Morgan fingerprint density at radius 1 is 0.353 bits per heavy atom. The maximum Gasteiger partial charge on any atom is 0.316 e. The third-order valence-corrected chi connectivity index (χ3v) is 22.8. The first-order valence-corrected chi connectivity index (χ1v) is 39.4. The molecule has 4 saturated heterocycles. The monoisotopic (exact) mass is 1590 g/mol. The fourth-order valence-electron chi connectivity index (χ4n) is 17.3. The van der Waals surface area contributed by atoms with Gasteiger partial charge in [-0.2, -0.15) is 25.2 Å². The molecule has 2 aromatic carbocycles. The summed E-state index contributed by atoms with van der Waals surface area (Å²) in [7, 11) is 0. The molecule has 588 valence electrons. The fraction of sp³-hybridized carbons (Fsp3) is 0.333. The first-order chi connectivity index (χ1) is 56.5. The number of ether oxygens (including phenoxy) is 4. The molecule has 8 fully saturated rings. The van der Waals surface area contributed by atoms with Crippen LogP contribution in [0.5, 0.6) is 23.8 Å². The molecule has 10 aromatic heterocycles. The van der Waals surface area contributed by atoms with Crippen LogP contribution in [0.15, 0.2) is 196 Å². The maximum atomic E-state index is 13.5. The molecule has 116 heavy (non-hydrogen) atoms. The molecule has 12 aromatic rings. The Labute approximate surface area is 677 Å². The molecule has 0 spiro atoms. The molecule has 14 heterocycles.